The molecule has 0 bridgehead atoms. The fraction of sp³-hybridized carbons (Fsp3) is 0.333. The van der Waals surface area contributed by atoms with Crippen molar-refractivity contribution in [2.24, 2.45) is 0 Å². The van der Waals surface area contributed by atoms with Gasteiger partial charge in [-0.05, 0) is 60.6 Å². The van der Waals surface area contributed by atoms with Crippen LogP contribution in [0, 0.1) is 6.92 Å². The minimum Gasteiger partial charge on any atom is -0.376 e. The Kier molecular flexibility index (Phi) is 6.45. The van der Waals surface area contributed by atoms with Crippen LogP contribution in [-0.4, -0.2) is 34.3 Å². The molecule has 156 valence electrons. The lowest BCUT2D eigenvalue weighted by Gasteiger charge is -2.28. The van der Waals surface area contributed by atoms with Gasteiger partial charge >= 0.3 is 0 Å². The van der Waals surface area contributed by atoms with Crippen molar-refractivity contribution in [2.75, 3.05) is 13.2 Å². The maximum atomic E-state index is 12.7. The predicted octanol–water partition coefficient (Wildman–Crippen LogP) is 3.89. The zero-order valence-corrected chi connectivity index (χ0v) is 18.0. The highest BCUT2D eigenvalue weighted by Gasteiger charge is 2.22. The molecule has 2 N–H and O–H groups in total. The molecule has 2 heterocycles. The van der Waals surface area contributed by atoms with E-state index in [1.165, 1.54) is 0 Å². The summed E-state index contributed by atoms with van der Waals surface area (Å²) < 4.78 is 5.83. The van der Waals surface area contributed by atoms with Gasteiger partial charge in [-0.25, -0.2) is 0 Å². The van der Waals surface area contributed by atoms with Gasteiger partial charge in [0.25, 0.3) is 5.56 Å². The SMILES string of the molecule is Cc1ccc2cc(CN(C[C@@H]3CCCO3)C(=S)NCc3ccccc3)c(=O)[nH]c2c1. The number of aryl methyl sites for hydroxylation is 1. The molecular formula is C24H27N3O2S. The van der Waals surface area contributed by atoms with Crippen LogP contribution in [0.3, 0.4) is 0 Å². The number of nitrogens with one attached hydrogen (secondary N) is 2. The van der Waals surface area contributed by atoms with Crippen molar-refractivity contribution in [3.63, 3.8) is 0 Å². The van der Waals surface area contributed by atoms with E-state index in [9.17, 15) is 4.79 Å². The highest BCUT2D eigenvalue weighted by molar-refractivity contribution is 7.80. The molecule has 1 aromatic heterocycles. The summed E-state index contributed by atoms with van der Waals surface area (Å²) in [7, 11) is 0. The summed E-state index contributed by atoms with van der Waals surface area (Å²) in [4.78, 5) is 17.8. The van der Waals surface area contributed by atoms with Crippen molar-refractivity contribution in [3.05, 3.63) is 81.6 Å². The molecule has 6 heteroatoms. The second kappa shape index (κ2) is 9.41. The number of thiocarbonyl (C=S) groups is 1. The van der Waals surface area contributed by atoms with Gasteiger partial charge in [0.05, 0.1) is 12.6 Å². The number of hydrogen-bond acceptors (Lipinski definition) is 3. The lowest BCUT2D eigenvalue weighted by molar-refractivity contribution is 0.0896. The van der Waals surface area contributed by atoms with E-state index in [1.807, 2.05) is 43.3 Å². The Balaban J connectivity index is 1.53. The Hall–Kier alpha value is -2.70. The molecule has 0 saturated carbocycles. The summed E-state index contributed by atoms with van der Waals surface area (Å²) in [5, 5.41) is 5.01. The summed E-state index contributed by atoms with van der Waals surface area (Å²) >= 11 is 5.71. The average Bonchev–Trinajstić information content (AvgIpc) is 3.26. The maximum absolute atomic E-state index is 12.7. The van der Waals surface area contributed by atoms with Gasteiger partial charge in [-0.1, -0.05) is 42.5 Å². The molecule has 0 amide bonds. The molecule has 3 aromatic rings. The van der Waals surface area contributed by atoms with Crippen LogP contribution in [-0.2, 0) is 17.8 Å². The zero-order chi connectivity index (χ0) is 20.9. The molecule has 30 heavy (non-hydrogen) atoms. The zero-order valence-electron chi connectivity index (χ0n) is 17.2. The third-order valence-corrected chi connectivity index (χ3v) is 5.86. The van der Waals surface area contributed by atoms with Gasteiger partial charge in [-0.3, -0.25) is 4.79 Å². The molecule has 0 radical (unpaired) electrons. The standard InChI is InChI=1S/C24H27N3O2S/c1-17-9-10-19-13-20(23(28)26-22(19)12-17)15-27(16-21-8-5-11-29-21)24(30)25-14-18-6-3-2-4-7-18/h2-4,6-7,9-10,12-13,21H,5,8,11,14-16H2,1H3,(H,25,30)(H,26,28)/t21-/m0/s1. The second-order valence-electron chi connectivity index (χ2n) is 7.87. The summed E-state index contributed by atoms with van der Waals surface area (Å²) in [6, 6.07) is 18.2. The molecule has 1 atom stereocenters. The summed E-state index contributed by atoms with van der Waals surface area (Å²) in [5.74, 6) is 0. The number of nitrogens with zero attached hydrogens (tertiary/aromatic N) is 1. The van der Waals surface area contributed by atoms with Gasteiger partial charge in [0.1, 0.15) is 0 Å². The monoisotopic (exact) mass is 421 g/mol. The first-order chi connectivity index (χ1) is 14.6. The third-order valence-electron chi connectivity index (χ3n) is 5.46. The lowest BCUT2D eigenvalue weighted by Crippen LogP contribution is -2.43. The number of benzene rings is 2. The van der Waals surface area contributed by atoms with Gasteiger partial charge in [0.2, 0.25) is 0 Å². The molecule has 0 unspecified atom stereocenters. The number of aromatic amines is 1. The molecule has 1 saturated heterocycles. The molecule has 1 fully saturated rings. The van der Waals surface area contributed by atoms with Crippen LogP contribution in [0.15, 0.2) is 59.4 Å². The van der Waals surface area contributed by atoms with E-state index < -0.39 is 0 Å². The number of aromatic nitrogens is 1. The van der Waals surface area contributed by atoms with E-state index in [2.05, 4.69) is 33.4 Å². The average molecular weight is 422 g/mol. The topological polar surface area (TPSA) is 57.4 Å². The van der Waals surface area contributed by atoms with Crippen LogP contribution < -0.4 is 10.9 Å². The largest absolute Gasteiger partial charge is 0.376 e. The normalized spacial score (nSPS) is 16.0. The number of ether oxygens (including phenoxy) is 1. The van der Waals surface area contributed by atoms with Crippen molar-refractivity contribution >= 4 is 28.2 Å². The molecule has 4 rings (SSSR count). The van der Waals surface area contributed by atoms with E-state index in [4.69, 9.17) is 17.0 Å². The fourth-order valence-electron chi connectivity index (χ4n) is 3.82. The van der Waals surface area contributed by atoms with E-state index in [-0.39, 0.29) is 11.7 Å². The Bertz CT molecular complexity index is 1070. The molecule has 5 nitrogen and oxygen atoms in total. The first-order valence-corrected chi connectivity index (χ1v) is 10.8. The van der Waals surface area contributed by atoms with E-state index in [1.54, 1.807) is 0 Å². The smallest absolute Gasteiger partial charge is 0.253 e. The number of H-pyrrole nitrogens is 1. The van der Waals surface area contributed by atoms with Crippen LogP contribution in [0.2, 0.25) is 0 Å². The summed E-state index contributed by atoms with van der Waals surface area (Å²) in [5.41, 5.74) is 3.77. The van der Waals surface area contributed by atoms with Gasteiger partial charge in [0.15, 0.2) is 5.11 Å². The van der Waals surface area contributed by atoms with E-state index >= 15 is 0 Å². The van der Waals surface area contributed by atoms with E-state index in [0.717, 1.165) is 41.5 Å². The van der Waals surface area contributed by atoms with Crippen molar-refractivity contribution in [1.29, 1.82) is 0 Å². The third kappa shape index (κ3) is 5.07. The number of rotatable bonds is 6. The van der Waals surface area contributed by atoms with Crippen LogP contribution in [0.5, 0.6) is 0 Å². The van der Waals surface area contributed by atoms with Gasteiger partial charge in [-0.2, -0.15) is 0 Å². The summed E-state index contributed by atoms with van der Waals surface area (Å²) in [6.45, 7) is 4.57. The van der Waals surface area contributed by atoms with Crippen molar-refractivity contribution in [2.45, 2.75) is 39.0 Å². The van der Waals surface area contributed by atoms with Gasteiger partial charge in [0, 0.05) is 30.8 Å². The Morgan fingerprint density at radius 3 is 2.83 bits per heavy atom. The number of fused-ring (bicyclic) bond motifs is 1. The van der Waals surface area contributed by atoms with Crippen molar-refractivity contribution in [1.82, 2.24) is 15.2 Å². The Morgan fingerprint density at radius 1 is 1.23 bits per heavy atom. The van der Waals surface area contributed by atoms with Gasteiger partial charge in [-0.15, -0.1) is 0 Å². The molecule has 0 aliphatic carbocycles. The predicted molar refractivity (Wildman–Crippen MR) is 125 cm³/mol. The molecule has 1 aliphatic heterocycles. The molecular weight excluding hydrogens is 394 g/mol. The van der Waals surface area contributed by atoms with Crippen LogP contribution in [0.4, 0.5) is 0 Å². The quantitative estimate of drug-likeness (QED) is 0.592. The molecule has 1 aliphatic rings. The minimum absolute atomic E-state index is 0.0729. The Morgan fingerprint density at radius 2 is 2.07 bits per heavy atom. The minimum atomic E-state index is -0.0729. The first kappa shape index (κ1) is 20.6. The highest BCUT2D eigenvalue weighted by atomic mass is 32.1. The number of pyridine rings is 1. The van der Waals surface area contributed by atoms with Crippen LogP contribution >= 0.6 is 12.2 Å². The highest BCUT2D eigenvalue weighted by Crippen LogP contribution is 2.17. The maximum Gasteiger partial charge on any atom is 0.253 e. The van der Waals surface area contributed by atoms with Gasteiger partial charge < -0.3 is 19.9 Å². The van der Waals surface area contributed by atoms with E-state index in [0.29, 0.717) is 30.3 Å². The van der Waals surface area contributed by atoms with Crippen molar-refractivity contribution < 1.29 is 4.74 Å². The molecule has 0 spiro atoms. The first-order valence-electron chi connectivity index (χ1n) is 10.4. The molecule has 2 aromatic carbocycles. The lowest BCUT2D eigenvalue weighted by atomic mass is 10.1. The number of hydrogen-bond donors (Lipinski definition) is 2. The Labute approximate surface area is 182 Å². The van der Waals surface area contributed by atoms with Crippen LogP contribution in [0.25, 0.3) is 10.9 Å². The van der Waals surface area contributed by atoms with Crippen molar-refractivity contribution in [3.8, 4) is 0 Å². The summed E-state index contributed by atoms with van der Waals surface area (Å²) in [6.07, 6.45) is 2.23. The fourth-order valence-corrected chi connectivity index (χ4v) is 4.03. The second-order valence-corrected chi connectivity index (χ2v) is 8.26. The van der Waals surface area contributed by atoms with Crippen LogP contribution in [0.1, 0.15) is 29.5 Å².